The van der Waals surface area contributed by atoms with Crippen LogP contribution in [0.4, 0.5) is 22.4 Å². The molecule has 1 aromatic heterocycles. The van der Waals surface area contributed by atoms with Crippen molar-refractivity contribution in [2.45, 2.75) is 12.5 Å². The van der Waals surface area contributed by atoms with Gasteiger partial charge in [0, 0.05) is 43.4 Å². The summed E-state index contributed by atoms with van der Waals surface area (Å²) in [4.78, 5) is 17.4. The Morgan fingerprint density at radius 3 is 2.50 bits per heavy atom. The van der Waals surface area contributed by atoms with E-state index in [0.29, 0.717) is 12.0 Å². The molecule has 1 saturated heterocycles. The fourth-order valence-corrected chi connectivity index (χ4v) is 3.22. The number of carbonyl (C=O) groups excluding carboxylic acids is 1. The van der Waals surface area contributed by atoms with Crippen LogP contribution >= 0.6 is 0 Å². The molecular formula is C19H14F4N4O. The molecule has 1 atom stereocenters. The number of nitrogens with zero attached hydrogens (tertiary/aromatic N) is 4. The van der Waals surface area contributed by atoms with Crippen LogP contribution in [0.5, 0.6) is 0 Å². The van der Waals surface area contributed by atoms with Gasteiger partial charge in [-0.15, -0.1) is 0 Å². The average Bonchev–Trinajstić information content (AvgIpc) is 3.09. The number of hydrazone groups is 1. The maximum atomic E-state index is 13.7. The van der Waals surface area contributed by atoms with Gasteiger partial charge in [-0.25, -0.2) is 28.0 Å². The van der Waals surface area contributed by atoms with Crippen LogP contribution < -0.4 is 0 Å². The Hall–Kier alpha value is -3.23. The minimum absolute atomic E-state index is 0.0573. The van der Waals surface area contributed by atoms with Crippen LogP contribution in [0.2, 0.25) is 0 Å². The number of aromatic nitrogens is 1. The van der Waals surface area contributed by atoms with E-state index in [1.807, 2.05) is 0 Å². The Bertz CT molecular complexity index is 979. The van der Waals surface area contributed by atoms with Gasteiger partial charge in [0.05, 0.1) is 12.2 Å². The minimum atomic E-state index is -0.794. The van der Waals surface area contributed by atoms with E-state index in [4.69, 9.17) is 0 Å². The van der Waals surface area contributed by atoms with Crippen LogP contribution in [0.25, 0.3) is 6.08 Å². The highest BCUT2D eigenvalue weighted by Crippen LogP contribution is 2.32. The quantitative estimate of drug-likeness (QED) is 0.577. The highest BCUT2D eigenvalue weighted by atomic mass is 19.1. The molecule has 2 amide bonds. The van der Waals surface area contributed by atoms with Crippen molar-refractivity contribution >= 4 is 18.3 Å². The summed E-state index contributed by atoms with van der Waals surface area (Å²) in [7, 11) is 0. The number of benzene rings is 1. The van der Waals surface area contributed by atoms with E-state index in [9.17, 15) is 22.4 Å². The van der Waals surface area contributed by atoms with E-state index < -0.39 is 35.5 Å². The Balaban J connectivity index is 1.46. The topological polar surface area (TPSA) is 48.8 Å². The van der Waals surface area contributed by atoms with E-state index >= 15 is 0 Å². The molecule has 0 radical (unpaired) electrons. The number of hydrogen-bond donors (Lipinski definition) is 0. The maximum absolute atomic E-state index is 13.7. The van der Waals surface area contributed by atoms with Gasteiger partial charge in [-0.1, -0.05) is 0 Å². The molecule has 0 bridgehead atoms. The van der Waals surface area contributed by atoms with E-state index in [-0.39, 0.29) is 18.7 Å². The lowest BCUT2D eigenvalue weighted by Crippen LogP contribution is -2.49. The summed E-state index contributed by atoms with van der Waals surface area (Å²) in [6, 6.07) is 3.06. The highest BCUT2D eigenvalue weighted by molar-refractivity contribution is 5.80. The van der Waals surface area contributed by atoms with Crippen molar-refractivity contribution in [3.05, 3.63) is 70.6 Å². The lowest BCUT2D eigenvalue weighted by Gasteiger charge is -2.37. The summed E-state index contributed by atoms with van der Waals surface area (Å²) in [6.07, 6.45) is 4.12. The number of likely N-dealkylation sites (tertiary alicyclic amines) is 1. The van der Waals surface area contributed by atoms with Crippen molar-refractivity contribution in [3.8, 4) is 0 Å². The monoisotopic (exact) mass is 390 g/mol. The van der Waals surface area contributed by atoms with E-state index in [1.54, 1.807) is 0 Å². The van der Waals surface area contributed by atoms with Gasteiger partial charge >= 0.3 is 6.03 Å². The first-order valence-corrected chi connectivity index (χ1v) is 8.48. The van der Waals surface area contributed by atoms with Crippen molar-refractivity contribution in [2.75, 3.05) is 13.1 Å². The van der Waals surface area contributed by atoms with Gasteiger partial charge in [0.1, 0.15) is 17.5 Å². The Kier molecular flexibility index (Phi) is 4.58. The molecule has 144 valence electrons. The van der Waals surface area contributed by atoms with Crippen LogP contribution in [0.3, 0.4) is 0 Å². The van der Waals surface area contributed by atoms with Crippen LogP contribution in [0.1, 0.15) is 23.6 Å². The zero-order chi connectivity index (χ0) is 19.8. The molecule has 3 heterocycles. The van der Waals surface area contributed by atoms with Gasteiger partial charge in [-0.3, -0.25) is 0 Å². The third-order valence-corrected chi connectivity index (χ3v) is 4.57. The summed E-state index contributed by atoms with van der Waals surface area (Å²) < 4.78 is 53.8. The number of hydrogen-bond acceptors (Lipinski definition) is 3. The van der Waals surface area contributed by atoms with Crippen molar-refractivity contribution in [2.24, 2.45) is 5.10 Å². The molecule has 0 unspecified atom stereocenters. The third-order valence-electron chi connectivity index (χ3n) is 4.57. The lowest BCUT2D eigenvalue weighted by atomic mass is 10.0. The summed E-state index contributed by atoms with van der Waals surface area (Å²) in [5, 5.41) is 5.20. The van der Waals surface area contributed by atoms with Crippen LogP contribution in [-0.2, 0) is 0 Å². The molecule has 0 spiro atoms. The van der Waals surface area contributed by atoms with Crippen molar-refractivity contribution in [1.29, 1.82) is 0 Å². The van der Waals surface area contributed by atoms with E-state index in [1.165, 1.54) is 34.3 Å². The standard InChI is InChI=1S/C19H14F4N4O/c20-14-4-13(5-15(21)7-14)17-1-2-25-27(17)19(28)26-9-11(10-26)3-12-6-18(23)24-8-16(12)22/h2-8,17H,1,9-10H2/t17-/m0/s1. The zero-order valence-corrected chi connectivity index (χ0v) is 14.4. The fraction of sp³-hybridized carbons (Fsp3) is 0.211. The molecule has 1 aromatic carbocycles. The van der Waals surface area contributed by atoms with Gasteiger partial charge < -0.3 is 4.90 Å². The molecule has 0 saturated carbocycles. The van der Waals surface area contributed by atoms with Crippen molar-refractivity contribution in [3.63, 3.8) is 0 Å². The van der Waals surface area contributed by atoms with Gasteiger partial charge in [0.2, 0.25) is 5.95 Å². The summed E-state index contributed by atoms with van der Waals surface area (Å²) in [6.45, 7) is 0.441. The molecule has 2 aromatic rings. The first-order valence-electron chi connectivity index (χ1n) is 8.48. The predicted octanol–water partition coefficient (Wildman–Crippen LogP) is 3.89. The summed E-state index contributed by atoms with van der Waals surface area (Å²) >= 11 is 0. The third kappa shape index (κ3) is 3.47. The Labute approximate surface area is 157 Å². The largest absolute Gasteiger partial charge is 0.341 e. The van der Waals surface area contributed by atoms with Gasteiger partial charge in [-0.2, -0.15) is 9.49 Å². The second-order valence-corrected chi connectivity index (χ2v) is 6.57. The van der Waals surface area contributed by atoms with E-state index in [0.717, 1.165) is 23.9 Å². The molecule has 2 aliphatic rings. The molecule has 1 fully saturated rings. The van der Waals surface area contributed by atoms with Crippen LogP contribution in [0, 0.1) is 23.4 Å². The Morgan fingerprint density at radius 1 is 1.07 bits per heavy atom. The smallest absolute Gasteiger partial charge is 0.315 e. The SMILES string of the molecule is O=C(N1CC(=Cc2cc(F)ncc2F)C1)N1N=CC[C@H]1c1cc(F)cc(F)c1. The first-order chi connectivity index (χ1) is 13.4. The molecule has 0 N–H and O–H groups in total. The molecule has 0 aliphatic carbocycles. The van der Waals surface area contributed by atoms with Crippen molar-refractivity contribution < 1.29 is 22.4 Å². The molecule has 2 aliphatic heterocycles. The zero-order valence-electron chi connectivity index (χ0n) is 14.4. The van der Waals surface area contributed by atoms with Gasteiger partial charge in [0.25, 0.3) is 0 Å². The number of urea groups is 1. The predicted molar refractivity (Wildman–Crippen MR) is 93.1 cm³/mol. The second-order valence-electron chi connectivity index (χ2n) is 6.57. The van der Waals surface area contributed by atoms with Crippen molar-refractivity contribution in [1.82, 2.24) is 14.9 Å². The normalized spacial score (nSPS) is 18.4. The number of halogens is 4. The van der Waals surface area contributed by atoms with E-state index in [2.05, 4.69) is 10.1 Å². The highest BCUT2D eigenvalue weighted by Gasteiger charge is 2.35. The van der Waals surface area contributed by atoms with Gasteiger partial charge in [0.15, 0.2) is 0 Å². The Morgan fingerprint density at radius 2 is 1.79 bits per heavy atom. The molecule has 28 heavy (non-hydrogen) atoms. The average molecular weight is 390 g/mol. The molecule has 4 rings (SSSR count). The number of rotatable bonds is 2. The molecule has 5 nitrogen and oxygen atoms in total. The lowest BCUT2D eigenvalue weighted by molar-refractivity contribution is 0.136. The summed E-state index contributed by atoms with van der Waals surface area (Å²) in [5.41, 5.74) is 1.10. The summed E-state index contributed by atoms with van der Waals surface area (Å²) in [5.74, 6) is -2.90. The maximum Gasteiger partial charge on any atom is 0.341 e. The molecule has 9 heteroatoms. The van der Waals surface area contributed by atoms with Crippen LogP contribution in [-0.4, -0.2) is 40.2 Å². The van der Waals surface area contributed by atoms with Gasteiger partial charge in [-0.05, 0) is 29.3 Å². The van der Waals surface area contributed by atoms with Crippen LogP contribution in [0.15, 0.2) is 41.1 Å². The minimum Gasteiger partial charge on any atom is -0.315 e. The number of carbonyl (C=O) groups is 1. The second kappa shape index (κ2) is 7.06. The first kappa shape index (κ1) is 18.1. The fourth-order valence-electron chi connectivity index (χ4n) is 3.22. The number of pyridine rings is 1. The molecular weight excluding hydrogens is 376 g/mol. The number of amides is 2.